The summed E-state index contributed by atoms with van der Waals surface area (Å²) in [6.07, 6.45) is 2.92. The number of aromatic carboxylic acids is 1. The Morgan fingerprint density at radius 1 is 1.50 bits per heavy atom. The Kier molecular flexibility index (Phi) is 2.81. The minimum absolute atomic E-state index is 0.00477. The second kappa shape index (κ2) is 4.43. The molecule has 6 heteroatoms. The van der Waals surface area contributed by atoms with E-state index in [1.807, 2.05) is 0 Å². The summed E-state index contributed by atoms with van der Waals surface area (Å²) in [6.45, 7) is 0.472. The first-order valence-corrected chi connectivity index (χ1v) is 4.58. The van der Waals surface area contributed by atoms with Crippen molar-refractivity contribution in [2.45, 2.75) is 6.54 Å². The van der Waals surface area contributed by atoms with Gasteiger partial charge in [-0.15, -0.1) is 0 Å². The summed E-state index contributed by atoms with van der Waals surface area (Å²) in [6, 6.07) is 4.88. The monoisotopic (exact) mass is 219 g/mol. The van der Waals surface area contributed by atoms with Crippen LogP contribution >= 0.6 is 0 Å². The molecule has 0 unspecified atom stereocenters. The maximum atomic E-state index is 10.7. The molecule has 0 saturated heterocycles. The average Bonchev–Trinajstić information content (AvgIpc) is 2.79. The zero-order valence-electron chi connectivity index (χ0n) is 8.25. The van der Waals surface area contributed by atoms with Crippen LogP contribution in [0, 0.1) is 0 Å². The lowest BCUT2D eigenvalue weighted by molar-refractivity contribution is 0.0690. The van der Waals surface area contributed by atoms with Gasteiger partial charge in [0.1, 0.15) is 17.7 Å². The van der Waals surface area contributed by atoms with Gasteiger partial charge in [-0.2, -0.15) is 0 Å². The van der Waals surface area contributed by atoms with Crippen molar-refractivity contribution in [1.82, 2.24) is 10.1 Å². The fourth-order valence-electron chi connectivity index (χ4n) is 1.18. The van der Waals surface area contributed by atoms with Crippen LogP contribution in [-0.4, -0.2) is 21.2 Å². The van der Waals surface area contributed by atoms with Crippen molar-refractivity contribution in [2.75, 3.05) is 5.32 Å². The van der Waals surface area contributed by atoms with E-state index in [4.69, 9.17) is 5.11 Å². The van der Waals surface area contributed by atoms with E-state index >= 15 is 0 Å². The molecule has 2 heterocycles. The maximum absolute atomic E-state index is 10.7. The molecule has 82 valence electrons. The third kappa shape index (κ3) is 2.35. The Morgan fingerprint density at radius 3 is 3.06 bits per heavy atom. The van der Waals surface area contributed by atoms with E-state index in [1.54, 1.807) is 12.1 Å². The third-order valence-corrected chi connectivity index (χ3v) is 1.94. The van der Waals surface area contributed by atoms with Crippen LogP contribution in [0.2, 0.25) is 0 Å². The van der Waals surface area contributed by atoms with Gasteiger partial charge in [0.2, 0.25) is 0 Å². The number of hydrogen-bond acceptors (Lipinski definition) is 5. The van der Waals surface area contributed by atoms with Gasteiger partial charge in [0.05, 0.1) is 6.54 Å². The number of carbonyl (C=O) groups is 1. The molecule has 6 nitrogen and oxygen atoms in total. The fraction of sp³-hybridized carbons (Fsp3) is 0.100. The van der Waals surface area contributed by atoms with Crippen LogP contribution < -0.4 is 5.32 Å². The first-order valence-electron chi connectivity index (χ1n) is 4.58. The molecular weight excluding hydrogens is 210 g/mol. The van der Waals surface area contributed by atoms with Crippen LogP contribution in [-0.2, 0) is 6.54 Å². The second-order valence-corrected chi connectivity index (χ2v) is 3.08. The summed E-state index contributed by atoms with van der Waals surface area (Å²) in [5.41, 5.74) is 1.43. The second-order valence-electron chi connectivity index (χ2n) is 3.08. The topological polar surface area (TPSA) is 88.2 Å². The van der Waals surface area contributed by atoms with E-state index in [2.05, 4.69) is 20.0 Å². The van der Waals surface area contributed by atoms with Gasteiger partial charge in [-0.05, 0) is 12.1 Å². The predicted molar refractivity (Wildman–Crippen MR) is 55.0 cm³/mol. The molecule has 2 N–H and O–H groups in total. The number of carboxylic acid groups (broad SMARTS) is 1. The van der Waals surface area contributed by atoms with Crippen molar-refractivity contribution in [2.24, 2.45) is 0 Å². The molecule has 2 aromatic heterocycles. The van der Waals surface area contributed by atoms with Crippen LogP contribution in [0.1, 0.15) is 16.2 Å². The Labute approximate surface area is 90.9 Å². The number of rotatable bonds is 4. The minimum Gasteiger partial charge on any atom is -0.477 e. The van der Waals surface area contributed by atoms with Crippen LogP contribution in [0.5, 0.6) is 0 Å². The highest BCUT2D eigenvalue weighted by Crippen LogP contribution is 2.09. The van der Waals surface area contributed by atoms with E-state index in [0.29, 0.717) is 12.2 Å². The van der Waals surface area contributed by atoms with Crippen molar-refractivity contribution < 1.29 is 14.4 Å². The smallest absolute Gasteiger partial charge is 0.354 e. The van der Waals surface area contributed by atoms with E-state index < -0.39 is 5.97 Å². The Balaban J connectivity index is 2.04. The van der Waals surface area contributed by atoms with Crippen LogP contribution in [0.15, 0.2) is 35.2 Å². The first-order chi connectivity index (χ1) is 7.75. The van der Waals surface area contributed by atoms with Gasteiger partial charge in [-0.25, -0.2) is 9.78 Å². The summed E-state index contributed by atoms with van der Waals surface area (Å²) in [5.74, 6) is -1.05. The number of pyridine rings is 1. The molecule has 0 bridgehead atoms. The highest BCUT2D eigenvalue weighted by Gasteiger charge is 2.04. The number of hydrogen-bond donors (Lipinski definition) is 2. The molecule has 2 rings (SSSR count). The highest BCUT2D eigenvalue weighted by atomic mass is 16.5. The third-order valence-electron chi connectivity index (χ3n) is 1.94. The number of nitrogens with zero attached hydrogens (tertiary/aromatic N) is 2. The van der Waals surface area contributed by atoms with Gasteiger partial charge in [-0.1, -0.05) is 5.16 Å². The van der Waals surface area contributed by atoms with Gasteiger partial charge in [0.25, 0.3) is 0 Å². The van der Waals surface area contributed by atoms with Crippen molar-refractivity contribution in [1.29, 1.82) is 0 Å². The van der Waals surface area contributed by atoms with Crippen molar-refractivity contribution in [3.63, 3.8) is 0 Å². The number of aromatic nitrogens is 2. The quantitative estimate of drug-likeness (QED) is 0.807. The Hall–Kier alpha value is -2.37. The van der Waals surface area contributed by atoms with E-state index in [9.17, 15) is 4.79 Å². The van der Waals surface area contributed by atoms with E-state index in [-0.39, 0.29) is 5.69 Å². The van der Waals surface area contributed by atoms with E-state index in [0.717, 1.165) is 5.69 Å². The predicted octanol–water partition coefficient (Wildman–Crippen LogP) is 1.38. The minimum atomic E-state index is -1.05. The molecular formula is C10H9N3O3. The van der Waals surface area contributed by atoms with Crippen molar-refractivity contribution >= 4 is 11.7 Å². The lowest BCUT2D eigenvalue weighted by Crippen LogP contribution is -2.03. The fourth-order valence-corrected chi connectivity index (χ4v) is 1.18. The van der Waals surface area contributed by atoms with Gasteiger partial charge >= 0.3 is 5.97 Å². The molecule has 0 aliphatic carbocycles. The first kappa shape index (κ1) is 10.2. The Bertz CT molecular complexity index is 482. The molecule has 0 saturated carbocycles. The number of nitrogens with one attached hydrogen (secondary N) is 1. The molecule has 0 atom stereocenters. The molecule has 0 fully saturated rings. The molecule has 0 radical (unpaired) electrons. The molecule has 0 aliphatic heterocycles. The summed E-state index contributed by atoms with van der Waals surface area (Å²) >= 11 is 0. The Morgan fingerprint density at radius 2 is 2.38 bits per heavy atom. The van der Waals surface area contributed by atoms with Crippen LogP contribution in [0.3, 0.4) is 0 Å². The molecule has 0 aliphatic rings. The molecule has 2 aromatic rings. The summed E-state index contributed by atoms with van der Waals surface area (Å²) in [4.78, 5) is 14.4. The summed E-state index contributed by atoms with van der Waals surface area (Å²) in [7, 11) is 0. The van der Waals surface area contributed by atoms with Crippen LogP contribution in [0.25, 0.3) is 0 Å². The van der Waals surface area contributed by atoms with Crippen molar-refractivity contribution in [3.8, 4) is 0 Å². The van der Waals surface area contributed by atoms with E-state index in [1.165, 1.54) is 18.5 Å². The standard InChI is InChI=1S/C10H9N3O3/c14-10(15)9-5-7(1-3-11-9)12-6-8-2-4-16-13-8/h1-5H,6H2,(H,11,12)(H,14,15). The maximum Gasteiger partial charge on any atom is 0.354 e. The summed E-state index contributed by atoms with van der Waals surface area (Å²) in [5, 5.41) is 15.5. The largest absolute Gasteiger partial charge is 0.477 e. The zero-order valence-corrected chi connectivity index (χ0v) is 8.25. The molecule has 0 amide bonds. The number of carboxylic acids is 1. The summed E-state index contributed by atoms with van der Waals surface area (Å²) < 4.78 is 4.67. The lowest BCUT2D eigenvalue weighted by Gasteiger charge is -2.03. The van der Waals surface area contributed by atoms with Gasteiger partial charge < -0.3 is 14.9 Å². The highest BCUT2D eigenvalue weighted by molar-refractivity contribution is 5.86. The molecule has 16 heavy (non-hydrogen) atoms. The van der Waals surface area contributed by atoms with Gasteiger partial charge in [-0.3, -0.25) is 0 Å². The normalized spacial score (nSPS) is 10.0. The van der Waals surface area contributed by atoms with Gasteiger partial charge in [0.15, 0.2) is 0 Å². The zero-order chi connectivity index (χ0) is 11.4. The number of anilines is 1. The van der Waals surface area contributed by atoms with Gasteiger partial charge in [0, 0.05) is 18.0 Å². The van der Waals surface area contributed by atoms with Crippen LogP contribution in [0.4, 0.5) is 5.69 Å². The average molecular weight is 219 g/mol. The lowest BCUT2D eigenvalue weighted by atomic mass is 10.3. The SMILES string of the molecule is O=C(O)c1cc(NCc2ccon2)ccn1. The molecule has 0 aromatic carbocycles. The van der Waals surface area contributed by atoms with Crippen molar-refractivity contribution in [3.05, 3.63) is 42.0 Å². The molecule has 0 spiro atoms.